The molecule has 1 fully saturated rings. The monoisotopic (exact) mass is 256 g/mol. The van der Waals surface area contributed by atoms with Gasteiger partial charge in [0.25, 0.3) is 0 Å². The molecule has 0 unspecified atom stereocenters. The van der Waals surface area contributed by atoms with Crippen LogP contribution in [0.5, 0.6) is 0 Å². The first kappa shape index (κ1) is 14.5. The summed E-state index contributed by atoms with van der Waals surface area (Å²) in [6.45, 7) is 0.0417. The van der Waals surface area contributed by atoms with Crippen LogP contribution in [0.15, 0.2) is 0 Å². The van der Waals surface area contributed by atoms with Gasteiger partial charge in [0.2, 0.25) is 11.8 Å². The molecule has 102 valence electrons. The molecule has 0 spiro atoms. The third kappa shape index (κ3) is 3.45. The predicted octanol–water partition coefficient (Wildman–Crippen LogP) is 0.0339. The molecular weight excluding hydrogens is 236 g/mol. The van der Waals surface area contributed by atoms with Gasteiger partial charge in [-0.15, -0.1) is 0 Å². The maximum Gasteiger partial charge on any atom is 0.306 e. The van der Waals surface area contributed by atoms with Gasteiger partial charge in [0.1, 0.15) is 0 Å². The Morgan fingerprint density at radius 2 is 1.67 bits per heavy atom. The number of hydrogen-bond donors (Lipinski definition) is 1. The average molecular weight is 256 g/mol. The number of carboxylic acids is 1. The zero-order valence-electron chi connectivity index (χ0n) is 11.0. The van der Waals surface area contributed by atoms with Crippen LogP contribution in [-0.2, 0) is 14.4 Å². The van der Waals surface area contributed by atoms with Gasteiger partial charge in [0.15, 0.2) is 0 Å². The number of amides is 2. The van der Waals surface area contributed by atoms with Gasteiger partial charge in [-0.3, -0.25) is 14.4 Å². The Morgan fingerprint density at radius 1 is 1.11 bits per heavy atom. The van der Waals surface area contributed by atoms with Crippen molar-refractivity contribution in [2.75, 3.05) is 27.7 Å². The van der Waals surface area contributed by atoms with Crippen LogP contribution in [0.4, 0.5) is 0 Å². The van der Waals surface area contributed by atoms with Crippen molar-refractivity contribution < 1.29 is 19.5 Å². The zero-order chi connectivity index (χ0) is 13.9. The topological polar surface area (TPSA) is 77.9 Å². The highest BCUT2D eigenvalue weighted by molar-refractivity contribution is 5.86. The van der Waals surface area contributed by atoms with Crippen LogP contribution < -0.4 is 0 Å². The second kappa shape index (κ2) is 5.84. The van der Waals surface area contributed by atoms with E-state index in [4.69, 9.17) is 5.11 Å². The highest BCUT2D eigenvalue weighted by Gasteiger charge is 2.35. The van der Waals surface area contributed by atoms with Crippen molar-refractivity contribution in [2.24, 2.45) is 11.8 Å². The van der Waals surface area contributed by atoms with E-state index in [1.165, 1.54) is 9.80 Å². The molecule has 0 aromatic rings. The van der Waals surface area contributed by atoms with E-state index in [0.29, 0.717) is 19.3 Å². The first-order valence-corrected chi connectivity index (χ1v) is 6.00. The quantitative estimate of drug-likeness (QED) is 0.770. The van der Waals surface area contributed by atoms with Gasteiger partial charge >= 0.3 is 5.97 Å². The van der Waals surface area contributed by atoms with Crippen LogP contribution in [0, 0.1) is 11.8 Å². The molecule has 0 aromatic carbocycles. The highest BCUT2D eigenvalue weighted by Crippen LogP contribution is 2.32. The van der Waals surface area contributed by atoms with E-state index >= 15 is 0 Å². The van der Waals surface area contributed by atoms with Crippen LogP contribution in [0.25, 0.3) is 0 Å². The molecular formula is C12H20N2O4. The maximum atomic E-state index is 12.0. The van der Waals surface area contributed by atoms with Gasteiger partial charge in [-0.05, 0) is 19.3 Å². The summed E-state index contributed by atoms with van der Waals surface area (Å²) in [7, 11) is 4.85. The fraction of sp³-hybridized carbons (Fsp3) is 0.750. The minimum Gasteiger partial charge on any atom is -0.481 e. The third-order valence-electron chi connectivity index (χ3n) is 3.38. The maximum absolute atomic E-state index is 12.0. The summed E-state index contributed by atoms with van der Waals surface area (Å²) in [5.74, 6) is -1.78. The fourth-order valence-electron chi connectivity index (χ4n) is 2.16. The van der Waals surface area contributed by atoms with Gasteiger partial charge in [0.05, 0.1) is 12.5 Å². The summed E-state index contributed by atoms with van der Waals surface area (Å²) in [6, 6.07) is 0. The SMILES string of the molecule is CN(C)C(=O)CN(C)C(=O)[C@@H]1CC[C@H](C(=O)O)C1. The van der Waals surface area contributed by atoms with E-state index < -0.39 is 11.9 Å². The molecule has 2 atom stereocenters. The van der Waals surface area contributed by atoms with Crippen molar-refractivity contribution in [2.45, 2.75) is 19.3 Å². The Balaban J connectivity index is 2.50. The van der Waals surface area contributed by atoms with Crippen molar-refractivity contribution in [3.05, 3.63) is 0 Å². The molecule has 6 heteroatoms. The Morgan fingerprint density at radius 3 is 2.11 bits per heavy atom. The van der Waals surface area contributed by atoms with Crippen LogP contribution in [0.2, 0.25) is 0 Å². The number of hydrogen-bond acceptors (Lipinski definition) is 3. The lowest BCUT2D eigenvalue weighted by Gasteiger charge is -2.22. The van der Waals surface area contributed by atoms with E-state index in [1.807, 2.05) is 0 Å². The van der Waals surface area contributed by atoms with E-state index in [-0.39, 0.29) is 24.3 Å². The molecule has 0 radical (unpaired) electrons. The normalized spacial score (nSPS) is 22.6. The molecule has 1 saturated carbocycles. The van der Waals surface area contributed by atoms with Crippen LogP contribution in [-0.4, -0.2) is 60.4 Å². The Bertz CT molecular complexity index is 354. The Kier molecular flexibility index (Phi) is 4.69. The molecule has 0 bridgehead atoms. The Labute approximate surface area is 107 Å². The van der Waals surface area contributed by atoms with E-state index in [1.54, 1.807) is 21.1 Å². The van der Waals surface area contributed by atoms with Crippen LogP contribution in [0.1, 0.15) is 19.3 Å². The summed E-state index contributed by atoms with van der Waals surface area (Å²) in [5.41, 5.74) is 0. The van der Waals surface area contributed by atoms with Crippen LogP contribution in [0.3, 0.4) is 0 Å². The molecule has 2 amide bonds. The number of carboxylic acid groups (broad SMARTS) is 1. The molecule has 1 N–H and O–H groups in total. The van der Waals surface area contributed by atoms with Crippen molar-refractivity contribution in [3.63, 3.8) is 0 Å². The van der Waals surface area contributed by atoms with Gasteiger partial charge in [-0.25, -0.2) is 0 Å². The van der Waals surface area contributed by atoms with Crippen molar-refractivity contribution >= 4 is 17.8 Å². The lowest BCUT2D eigenvalue weighted by molar-refractivity contribution is -0.142. The highest BCUT2D eigenvalue weighted by atomic mass is 16.4. The molecule has 1 aliphatic rings. The summed E-state index contributed by atoms with van der Waals surface area (Å²) in [5, 5.41) is 8.88. The van der Waals surface area contributed by atoms with Gasteiger partial charge in [0, 0.05) is 27.1 Å². The lowest BCUT2D eigenvalue weighted by Crippen LogP contribution is -2.40. The number of nitrogens with zero attached hydrogens (tertiary/aromatic N) is 2. The largest absolute Gasteiger partial charge is 0.481 e. The van der Waals surface area contributed by atoms with Crippen molar-refractivity contribution in [3.8, 4) is 0 Å². The summed E-state index contributed by atoms with van der Waals surface area (Å²) in [4.78, 5) is 37.2. The molecule has 0 saturated heterocycles. The van der Waals surface area contributed by atoms with E-state index in [2.05, 4.69) is 0 Å². The minimum absolute atomic E-state index is 0.0417. The molecule has 0 aromatic heterocycles. The second-order valence-corrected chi connectivity index (χ2v) is 5.03. The molecule has 1 rings (SSSR count). The average Bonchev–Trinajstić information content (AvgIpc) is 2.76. The van der Waals surface area contributed by atoms with Gasteiger partial charge in [-0.2, -0.15) is 0 Å². The fourth-order valence-corrected chi connectivity index (χ4v) is 2.16. The zero-order valence-corrected chi connectivity index (χ0v) is 11.0. The molecule has 6 nitrogen and oxygen atoms in total. The van der Waals surface area contributed by atoms with Crippen LogP contribution >= 0.6 is 0 Å². The predicted molar refractivity (Wildman–Crippen MR) is 64.8 cm³/mol. The van der Waals surface area contributed by atoms with E-state index in [9.17, 15) is 14.4 Å². The first-order valence-electron chi connectivity index (χ1n) is 6.00. The van der Waals surface area contributed by atoms with E-state index in [0.717, 1.165) is 0 Å². The smallest absolute Gasteiger partial charge is 0.306 e. The standard InChI is InChI=1S/C12H20N2O4/c1-13(2)10(15)7-14(3)11(16)8-4-5-9(6-8)12(17)18/h8-9H,4-7H2,1-3H3,(H,17,18)/t8-,9+/m1/s1. The van der Waals surface area contributed by atoms with Crippen molar-refractivity contribution in [1.82, 2.24) is 9.80 Å². The molecule has 0 aliphatic heterocycles. The Hall–Kier alpha value is -1.59. The summed E-state index contributed by atoms with van der Waals surface area (Å²) in [6.07, 6.45) is 1.52. The second-order valence-electron chi connectivity index (χ2n) is 5.03. The number of likely N-dealkylation sites (N-methyl/N-ethyl adjacent to an activating group) is 2. The molecule has 1 aliphatic carbocycles. The number of carbonyl (C=O) groups excluding carboxylic acids is 2. The summed E-state index contributed by atoms with van der Waals surface area (Å²) >= 11 is 0. The van der Waals surface area contributed by atoms with Gasteiger partial charge < -0.3 is 14.9 Å². The number of rotatable bonds is 4. The molecule has 0 heterocycles. The lowest BCUT2D eigenvalue weighted by atomic mass is 10.0. The number of carbonyl (C=O) groups is 3. The minimum atomic E-state index is -0.836. The molecule has 18 heavy (non-hydrogen) atoms. The van der Waals surface area contributed by atoms with Crippen molar-refractivity contribution in [1.29, 1.82) is 0 Å². The third-order valence-corrected chi connectivity index (χ3v) is 3.38. The van der Waals surface area contributed by atoms with Gasteiger partial charge in [-0.1, -0.05) is 0 Å². The summed E-state index contributed by atoms with van der Waals surface area (Å²) < 4.78 is 0. The number of aliphatic carboxylic acids is 1. The first-order chi connectivity index (χ1) is 8.32.